The third kappa shape index (κ3) is 4.89. The fourth-order valence-electron chi connectivity index (χ4n) is 4.34. The van der Waals surface area contributed by atoms with Gasteiger partial charge in [0.15, 0.2) is 10.8 Å². The zero-order valence-electron chi connectivity index (χ0n) is 20.3. The average molecular weight is 529 g/mol. The van der Waals surface area contributed by atoms with Crippen molar-refractivity contribution in [1.82, 2.24) is 9.88 Å². The first-order chi connectivity index (χ1) is 17.3. The zero-order valence-corrected chi connectivity index (χ0v) is 21.1. The van der Waals surface area contributed by atoms with Crippen LogP contribution in [0.25, 0.3) is 15.7 Å². The number of hydrogen-bond donors (Lipinski definition) is 1. The molecule has 7 nitrogen and oxygen atoms in total. The number of carbonyl (C=O) groups is 1. The Hall–Kier alpha value is -3.91. The van der Waals surface area contributed by atoms with Crippen LogP contribution in [0.5, 0.6) is 5.75 Å². The van der Waals surface area contributed by atoms with Crippen LogP contribution in [0.3, 0.4) is 0 Å². The normalized spacial score (nSPS) is 15.4. The van der Waals surface area contributed by atoms with Crippen LogP contribution < -0.4 is 15.2 Å². The number of fused-ring (bicyclic) bond motifs is 1. The summed E-state index contributed by atoms with van der Waals surface area (Å²) >= 11 is 5.50. The van der Waals surface area contributed by atoms with Gasteiger partial charge in [-0.1, -0.05) is 6.07 Å². The number of thiocarbonyl (C=S) groups is 1. The molecular weight excluding hydrogens is 505 g/mol. The molecule has 2 aromatic carbocycles. The first-order valence-corrected chi connectivity index (χ1v) is 11.8. The monoisotopic (exact) mass is 528 g/mol. The standard InChI is InChI=1S/C26H23F3N4O3S/c1-15-12-22(34)31-21-14-17(7-8-18(15)21)36-11-5-10-32-24(37)33(23(35)25(32,2)3)16-6-9-20(30-4)19(13-16)26(27,28)29/h6-9,12-14H,5,10-11H2,1-3H3,(H,31,34). The van der Waals surface area contributed by atoms with Gasteiger partial charge in [-0.3, -0.25) is 14.5 Å². The second kappa shape index (κ2) is 9.52. The lowest BCUT2D eigenvalue weighted by atomic mass is 10.0. The number of aromatic amines is 1. The molecule has 1 saturated heterocycles. The van der Waals surface area contributed by atoms with Gasteiger partial charge < -0.3 is 14.6 Å². The van der Waals surface area contributed by atoms with Crippen LogP contribution in [-0.4, -0.2) is 39.6 Å². The Balaban J connectivity index is 1.48. The van der Waals surface area contributed by atoms with E-state index in [9.17, 15) is 22.8 Å². The highest BCUT2D eigenvalue weighted by Crippen LogP contribution is 2.40. The molecule has 3 aromatic rings. The maximum Gasteiger partial charge on any atom is 0.407 e. The van der Waals surface area contributed by atoms with E-state index in [0.29, 0.717) is 24.2 Å². The molecule has 2 heterocycles. The van der Waals surface area contributed by atoms with Gasteiger partial charge in [-0.15, -0.1) is 0 Å². The van der Waals surface area contributed by atoms with E-state index in [1.165, 1.54) is 12.1 Å². The van der Waals surface area contributed by atoms with Gasteiger partial charge in [0.25, 0.3) is 5.91 Å². The summed E-state index contributed by atoms with van der Waals surface area (Å²) in [5.74, 6) is 0.102. The summed E-state index contributed by atoms with van der Waals surface area (Å²) in [5.41, 5.74) is -1.48. The number of pyridine rings is 1. The highest BCUT2D eigenvalue weighted by atomic mass is 32.1. The first kappa shape index (κ1) is 26.2. The predicted octanol–water partition coefficient (Wildman–Crippen LogP) is 5.59. The molecule has 1 fully saturated rings. The average Bonchev–Trinajstić information content (AvgIpc) is 2.99. The van der Waals surface area contributed by atoms with Crippen molar-refractivity contribution in [2.75, 3.05) is 18.1 Å². The van der Waals surface area contributed by atoms with E-state index in [1.807, 2.05) is 13.0 Å². The number of halogens is 3. The molecule has 0 aliphatic carbocycles. The van der Waals surface area contributed by atoms with Gasteiger partial charge in [0.1, 0.15) is 11.3 Å². The predicted molar refractivity (Wildman–Crippen MR) is 138 cm³/mol. The van der Waals surface area contributed by atoms with Crippen LogP contribution in [-0.2, 0) is 11.0 Å². The lowest BCUT2D eigenvalue weighted by Crippen LogP contribution is -2.44. The van der Waals surface area contributed by atoms with Crippen molar-refractivity contribution in [3.8, 4) is 5.75 Å². The summed E-state index contributed by atoms with van der Waals surface area (Å²) in [5, 5.41) is 0.991. The largest absolute Gasteiger partial charge is 0.493 e. The Morgan fingerprint density at radius 2 is 1.86 bits per heavy atom. The third-order valence-corrected chi connectivity index (χ3v) is 6.71. The Labute approximate surface area is 216 Å². The number of anilines is 1. The van der Waals surface area contributed by atoms with Crippen LogP contribution in [0.2, 0.25) is 0 Å². The fourth-order valence-corrected chi connectivity index (χ4v) is 4.85. The van der Waals surface area contributed by atoms with Crippen LogP contribution >= 0.6 is 12.2 Å². The molecule has 0 bridgehead atoms. The van der Waals surface area contributed by atoms with Gasteiger partial charge in [0.2, 0.25) is 5.56 Å². The number of rotatable bonds is 6. The maximum absolute atomic E-state index is 13.5. The number of amides is 1. The molecule has 1 aromatic heterocycles. The smallest absolute Gasteiger partial charge is 0.407 e. The number of H-pyrrole nitrogens is 1. The van der Waals surface area contributed by atoms with Crippen molar-refractivity contribution >= 4 is 45.5 Å². The van der Waals surface area contributed by atoms with Crippen molar-refractivity contribution in [3.05, 3.63) is 75.4 Å². The van der Waals surface area contributed by atoms with E-state index in [2.05, 4.69) is 9.83 Å². The molecule has 11 heteroatoms. The number of aromatic nitrogens is 1. The molecule has 1 aliphatic heterocycles. The topological polar surface area (TPSA) is 70.0 Å². The molecule has 1 aliphatic rings. The van der Waals surface area contributed by atoms with E-state index in [0.717, 1.165) is 28.0 Å². The molecule has 0 spiro atoms. The second-order valence-corrected chi connectivity index (χ2v) is 9.54. The quantitative estimate of drug-likeness (QED) is 0.257. The number of aryl methyl sites for hydroxylation is 1. The highest BCUT2D eigenvalue weighted by Gasteiger charge is 2.49. The van der Waals surface area contributed by atoms with Crippen LogP contribution in [0, 0.1) is 13.5 Å². The van der Waals surface area contributed by atoms with Crippen molar-refractivity contribution in [2.24, 2.45) is 0 Å². The van der Waals surface area contributed by atoms with E-state index in [4.69, 9.17) is 23.5 Å². The minimum atomic E-state index is -4.75. The summed E-state index contributed by atoms with van der Waals surface area (Å²) < 4.78 is 46.3. The molecule has 0 atom stereocenters. The second-order valence-electron chi connectivity index (χ2n) is 9.17. The summed E-state index contributed by atoms with van der Waals surface area (Å²) in [6.45, 7) is 12.8. The number of benzene rings is 2. The van der Waals surface area contributed by atoms with E-state index >= 15 is 0 Å². The van der Waals surface area contributed by atoms with Crippen molar-refractivity contribution in [1.29, 1.82) is 0 Å². The van der Waals surface area contributed by atoms with E-state index < -0.39 is 28.9 Å². The van der Waals surface area contributed by atoms with Gasteiger partial charge in [0.05, 0.1) is 24.3 Å². The molecule has 0 unspecified atom stereocenters. The molecular formula is C26H23F3N4O3S. The van der Waals surface area contributed by atoms with Gasteiger partial charge in [-0.05, 0) is 69.2 Å². The molecule has 192 valence electrons. The summed E-state index contributed by atoms with van der Waals surface area (Å²) in [7, 11) is 0. The van der Waals surface area contributed by atoms with Crippen LogP contribution in [0.15, 0.2) is 47.3 Å². The van der Waals surface area contributed by atoms with Crippen LogP contribution in [0.1, 0.15) is 31.4 Å². The maximum atomic E-state index is 13.5. The molecule has 37 heavy (non-hydrogen) atoms. The summed E-state index contributed by atoms with van der Waals surface area (Å²) in [6.07, 6.45) is -4.28. The van der Waals surface area contributed by atoms with E-state index in [1.54, 1.807) is 30.9 Å². The number of ether oxygens (including phenoxy) is 1. The highest BCUT2D eigenvalue weighted by molar-refractivity contribution is 7.80. The summed E-state index contributed by atoms with van der Waals surface area (Å²) in [4.78, 5) is 33.4. The van der Waals surface area contributed by atoms with Gasteiger partial charge in [-0.25, -0.2) is 4.85 Å². The molecule has 1 N–H and O–H groups in total. The Bertz CT molecular complexity index is 1510. The first-order valence-electron chi connectivity index (χ1n) is 11.4. The molecule has 0 radical (unpaired) electrons. The minimum Gasteiger partial charge on any atom is -0.493 e. The number of hydrogen-bond acceptors (Lipinski definition) is 4. The molecule has 0 saturated carbocycles. The fraction of sp³-hybridized carbons (Fsp3) is 0.308. The Morgan fingerprint density at radius 1 is 1.14 bits per heavy atom. The van der Waals surface area contributed by atoms with Gasteiger partial charge in [0, 0.05) is 29.8 Å². The Kier molecular flexibility index (Phi) is 6.73. The lowest BCUT2D eigenvalue weighted by Gasteiger charge is -2.29. The molecule has 1 amide bonds. The number of carbonyl (C=O) groups excluding carboxylic acids is 1. The molecule has 4 rings (SSSR count). The van der Waals surface area contributed by atoms with Crippen molar-refractivity contribution < 1.29 is 22.7 Å². The number of nitrogens with zero attached hydrogens (tertiary/aromatic N) is 3. The SMILES string of the molecule is [C-]#[N+]c1ccc(N2C(=O)C(C)(C)N(CCCOc3ccc4c(C)cc(=O)[nH]c4c3)C2=S)cc1C(F)(F)F. The van der Waals surface area contributed by atoms with E-state index in [-0.39, 0.29) is 23.0 Å². The van der Waals surface area contributed by atoms with Crippen molar-refractivity contribution in [2.45, 2.75) is 38.9 Å². The van der Waals surface area contributed by atoms with Crippen LogP contribution in [0.4, 0.5) is 24.5 Å². The van der Waals surface area contributed by atoms with Gasteiger partial charge >= 0.3 is 6.18 Å². The third-order valence-electron chi connectivity index (χ3n) is 6.30. The minimum absolute atomic E-state index is 0.0398. The van der Waals surface area contributed by atoms with Gasteiger partial charge in [-0.2, -0.15) is 13.2 Å². The van der Waals surface area contributed by atoms with Crippen molar-refractivity contribution in [3.63, 3.8) is 0 Å². The zero-order chi connectivity index (χ0) is 27.1. The lowest BCUT2D eigenvalue weighted by molar-refractivity contribution is -0.136. The number of alkyl halides is 3. The summed E-state index contributed by atoms with van der Waals surface area (Å²) in [6, 6.07) is 10.0. The Morgan fingerprint density at radius 3 is 2.54 bits per heavy atom. The number of nitrogens with one attached hydrogen (secondary N) is 1.